The lowest BCUT2D eigenvalue weighted by Crippen LogP contribution is -2.52. The van der Waals surface area contributed by atoms with Crippen LogP contribution in [0.25, 0.3) is 0 Å². The Labute approximate surface area is 218 Å². The fraction of sp³-hybridized carbons (Fsp3) is 0.692. The molecule has 34 heavy (non-hydrogen) atoms. The van der Waals surface area contributed by atoms with Crippen LogP contribution in [0.3, 0.4) is 0 Å². The van der Waals surface area contributed by atoms with E-state index in [9.17, 15) is 9.59 Å². The van der Waals surface area contributed by atoms with Gasteiger partial charge in [-0.25, -0.2) is 4.72 Å². The van der Waals surface area contributed by atoms with Gasteiger partial charge in [-0.3, -0.25) is 4.79 Å². The first kappa shape index (κ1) is 27.8. The molecule has 3 aliphatic carbocycles. The van der Waals surface area contributed by atoms with E-state index in [4.69, 9.17) is 28.9 Å². The van der Waals surface area contributed by atoms with Gasteiger partial charge in [0.25, 0.3) is 0 Å². The van der Waals surface area contributed by atoms with Crippen LogP contribution in [0.4, 0.5) is 0 Å². The molecule has 4 N–H and O–H groups in total. The number of aldehydes is 1. The van der Waals surface area contributed by atoms with Crippen molar-refractivity contribution in [1.82, 2.24) is 10.0 Å². The average molecular weight is 529 g/mol. The van der Waals surface area contributed by atoms with Crippen molar-refractivity contribution in [2.24, 2.45) is 28.9 Å². The highest BCUT2D eigenvalue weighted by molar-refractivity contribution is 7.97. The Bertz CT molecular complexity index is 862. The Morgan fingerprint density at radius 3 is 2.50 bits per heavy atom. The molecule has 3 aliphatic rings. The van der Waals surface area contributed by atoms with E-state index >= 15 is 0 Å². The fourth-order valence-electron chi connectivity index (χ4n) is 6.35. The number of nitrogens with one attached hydrogen (secondary N) is 2. The summed E-state index contributed by atoms with van der Waals surface area (Å²) in [5, 5.41) is 4.50. The summed E-state index contributed by atoms with van der Waals surface area (Å²) < 4.78 is 3.27. The summed E-state index contributed by atoms with van der Waals surface area (Å²) >= 11 is 13.5. The van der Waals surface area contributed by atoms with Gasteiger partial charge in [0.05, 0.1) is 15.6 Å². The van der Waals surface area contributed by atoms with Crippen molar-refractivity contribution >= 4 is 47.3 Å². The molecule has 8 heteroatoms. The van der Waals surface area contributed by atoms with Gasteiger partial charge in [-0.15, -0.1) is 0 Å². The van der Waals surface area contributed by atoms with Crippen LogP contribution in [0.15, 0.2) is 23.1 Å². The van der Waals surface area contributed by atoms with Gasteiger partial charge >= 0.3 is 0 Å². The van der Waals surface area contributed by atoms with Crippen molar-refractivity contribution in [3.8, 4) is 0 Å². The highest BCUT2D eigenvalue weighted by atomic mass is 35.5. The van der Waals surface area contributed by atoms with Crippen molar-refractivity contribution in [2.45, 2.75) is 88.1 Å². The molecule has 0 aliphatic heterocycles. The number of halogens is 2. The number of benzene rings is 1. The van der Waals surface area contributed by atoms with Crippen molar-refractivity contribution in [3.63, 3.8) is 0 Å². The molecule has 5 nitrogen and oxygen atoms in total. The molecule has 3 saturated carbocycles. The lowest BCUT2D eigenvalue weighted by Gasteiger charge is -2.49. The highest BCUT2D eigenvalue weighted by Gasteiger charge is 2.47. The van der Waals surface area contributed by atoms with Gasteiger partial charge in [0.2, 0.25) is 5.91 Å². The quantitative estimate of drug-likeness (QED) is 0.311. The number of primary amides is 1. The Morgan fingerprint density at radius 1 is 1.18 bits per heavy atom. The van der Waals surface area contributed by atoms with E-state index in [1.807, 2.05) is 19.2 Å². The van der Waals surface area contributed by atoms with E-state index in [2.05, 4.69) is 23.9 Å². The van der Waals surface area contributed by atoms with Crippen LogP contribution in [0.1, 0.15) is 71.6 Å². The number of rotatable bonds is 6. The largest absolute Gasteiger partial charge is 0.369 e. The van der Waals surface area contributed by atoms with Crippen molar-refractivity contribution in [3.05, 3.63) is 28.2 Å². The van der Waals surface area contributed by atoms with Crippen LogP contribution < -0.4 is 15.8 Å². The van der Waals surface area contributed by atoms with Crippen LogP contribution in [0.2, 0.25) is 10.0 Å². The predicted molar refractivity (Wildman–Crippen MR) is 142 cm³/mol. The molecule has 5 unspecified atom stereocenters. The van der Waals surface area contributed by atoms with Crippen LogP contribution in [-0.4, -0.2) is 30.8 Å². The zero-order chi connectivity index (χ0) is 24.9. The number of carbonyl (C=O) groups is 2. The molecule has 1 aromatic carbocycles. The Morgan fingerprint density at radius 2 is 1.88 bits per heavy atom. The van der Waals surface area contributed by atoms with Gasteiger partial charge in [-0.05, 0) is 87.4 Å². The normalized spacial score (nSPS) is 32.3. The standard InChI is InChI=1S/C13H15Cl2NOS.C13H24N2O/c14-10-5-4-6-11(12(10)15)18-16-13(9-17)7-2-1-3-8-13;1-8-4-9-5-10(11(8)15-3)7-13(2,6-9)12(14)16/h4-6,9,16H,1-3,7-8H2;8-11,15H,4-7H2,1-3H3,(H2,14,16). The van der Waals surface area contributed by atoms with E-state index in [1.165, 1.54) is 31.2 Å². The minimum Gasteiger partial charge on any atom is -0.369 e. The topological polar surface area (TPSA) is 84.2 Å². The van der Waals surface area contributed by atoms with Crippen molar-refractivity contribution in [1.29, 1.82) is 0 Å². The molecule has 0 spiro atoms. The number of fused-ring (bicyclic) bond motifs is 2. The van der Waals surface area contributed by atoms with Crippen LogP contribution in [0.5, 0.6) is 0 Å². The number of nitrogens with two attached hydrogens (primary N) is 1. The number of hydrogen-bond acceptors (Lipinski definition) is 5. The third-order valence-electron chi connectivity index (χ3n) is 8.09. The number of hydrogen-bond donors (Lipinski definition) is 3. The summed E-state index contributed by atoms with van der Waals surface area (Å²) in [6.07, 6.45) is 10.7. The average Bonchev–Trinajstić information content (AvgIpc) is 2.81. The van der Waals surface area contributed by atoms with Gasteiger partial charge in [0.1, 0.15) is 6.29 Å². The van der Waals surface area contributed by atoms with Crippen LogP contribution >= 0.6 is 35.1 Å². The van der Waals surface area contributed by atoms with E-state index in [0.717, 1.165) is 55.6 Å². The first-order chi connectivity index (χ1) is 16.1. The van der Waals surface area contributed by atoms with Crippen LogP contribution in [0, 0.1) is 23.2 Å². The van der Waals surface area contributed by atoms with E-state index in [0.29, 0.717) is 27.9 Å². The molecular weight excluding hydrogens is 489 g/mol. The lowest BCUT2D eigenvalue weighted by atomic mass is 9.57. The monoisotopic (exact) mass is 527 g/mol. The molecule has 5 atom stereocenters. The minimum atomic E-state index is -0.408. The summed E-state index contributed by atoms with van der Waals surface area (Å²) in [7, 11) is 2.04. The summed E-state index contributed by atoms with van der Waals surface area (Å²) in [6.45, 7) is 4.38. The van der Waals surface area contributed by atoms with Crippen molar-refractivity contribution in [2.75, 3.05) is 7.05 Å². The first-order valence-corrected chi connectivity index (χ1v) is 14.0. The molecule has 0 heterocycles. The molecule has 4 rings (SSSR count). The fourth-order valence-corrected chi connectivity index (χ4v) is 7.74. The third kappa shape index (κ3) is 6.50. The molecule has 0 radical (unpaired) electrons. The Balaban J connectivity index is 0.000000192. The molecule has 2 bridgehead atoms. The van der Waals surface area contributed by atoms with Gasteiger partial charge in [-0.1, -0.05) is 62.4 Å². The van der Waals surface area contributed by atoms with Crippen molar-refractivity contribution < 1.29 is 9.59 Å². The summed E-state index contributed by atoms with van der Waals surface area (Å²) in [6, 6.07) is 6.07. The highest BCUT2D eigenvalue weighted by Crippen LogP contribution is 2.50. The predicted octanol–water partition coefficient (Wildman–Crippen LogP) is 6.01. The smallest absolute Gasteiger partial charge is 0.223 e. The van der Waals surface area contributed by atoms with Gasteiger partial charge in [-0.2, -0.15) is 0 Å². The SMILES string of the molecule is CNC1C(C)CC2CC1CC(C)(C(N)=O)C2.O=CC1(NSc2cccc(Cl)c2Cl)CCCCC1. The summed E-state index contributed by atoms with van der Waals surface area (Å²) in [5.74, 6) is 1.96. The maximum absolute atomic E-state index is 11.6. The van der Waals surface area contributed by atoms with Crippen LogP contribution in [-0.2, 0) is 9.59 Å². The van der Waals surface area contributed by atoms with Gasteiger partial charge in [0.15, 0.2) is 0 Å². The third-order valence-corrected chi connectivity index (χ3v) is 10.1. The molecule has 0 aromatic heterocycles. The molecule has 190 valence electrons. The Kier molecular flexibility index (Phi) is 9.78. The van der Waals surface area contributed by atoms with E-state index < -0.39 is 5.54 Å². The second-order valence-corrected chi connectivity index (χ2v) is 12.4. The summed E-state index contributed by atoms with van der Waals surface area (Å²) in [4.78, 5) is 23.8. The number of amides is 1. The lowest BCUT2D eigenvalue weighted by molar-refractivity contribution is -0.132. The molecule has 1 aromatic rings. The maximum Gasteiger partial charge on any atom is 0.223 e. The zero-order valence-corrected chi connectivity index (χ0v) is 22.9. The molecule has 0 saturated heterocycles. The second kappa shape index (κ2) is 12.0. The molecular formula is C26H39Cl2N3O2S. The first-order valence-electron chi connectivity index (χ1n) is 12.4. The van der Waals surface area contributed by atoms with Gasteiger partial charge in [0, 0.05) is 16.4 Å². The molecule has 1 amide bonds. The van der Waals surface area contributed by atoms with E-state index in [-0.39, 0.29) is 11.3 Å². The zero-order valence-electron chi connectivity index (χ0n) is 20.5. The minimum absolute atomic E-state index is 0.105. The summed E-state index contributed by atoms with van der Waals surface area (Å²) in [5.41, 5.74) is 4.90. The van der Waals surface area contributed by atoms with Gasteiger partial charge < -0.3 is 15.8 Å². The second-order valence-electron chi connectivity index (χ2n) is 10.8. The van der Waals surface area contributed by atoms with E-state index in [1.54, 1.807) is 6.07 Å². The maximum atomic E-state index is 11.6. The Hall–Kier alpha value is -0.790. The number of carbonyl (C=O) groups excluding carboxylic acids is 2. The molecule has 3 fully saturated rings.